The predicted octanol–water partition coefficient (Wildman–Crippen LogP) is 3.49. The Balaban J connectivity index is 2.05. The molecular formula is C11H13N3S2. The molecule has 2 aromatic rings. The van der Waals surface area contributed by atoms with Crippen LogP contribution in [0.15, 0.2) is 16.8 Å². The minimum absolute atomic E-state index is 0.285. The Hall–Kier alpha value is -0.940. The van der Waals surface area contributed by atoms with Gasteiger partial charge in [-0.1, -0.05) is 0 Å². The second-order valence-electron chi connectivity index (χ2n) is 4.26. The van der Waals surface area contributed by atoms with Crippen LogP contribution >= 0.6 is 23.6 Å². The molecule has 1 unspecified atom stereocenters. The molecule has 16 heavy (non-hydrogen) atoms. The van der Waals surface area contributed by atoms with Crippen molar-refractivity contribution in [1.82, 2.24) is 14.8 Å². The Bertz CT molecular complexity index is 534. The van der Waals surface area contributed by atoms with Gasteiger partial charge < -0.3 is 0 Å². The van der Waals surface area contributed by atoms with Gasteiger partial charge in [0.25, 0.3) is 0 Å². The number of hydrogen-bond donors (Lipinski definition) is 1. The van der Waals surface area contributed by atoms with Gasteiger partial charge in [0.15, 0.2) is 4.77 Å². The standard InChI is InChI=1S/C11H13N3S2/c1-7(9-4-5-16-6-9)14-10(8-2-3-8)12-13-11(14)15/h4-8H,2-3H2,1H3,(H,13,15). The SMILES string of the molecule is CC(c1ccsc1)n1c(C2CC2)n[nH]c1=S. The molecule has 3 rings (SSSR count). The van der Waals surface area contributed by atoms with Crippen molar-refractivity contribution >= 4 is 23.6 Å². The average Bonchev–Trinajstić information content (AvgIpc) is 2.84. The minimum atomic E-state index is 0.285. The van der Waals surface area contributed by atoms with Crippen LogP contribution in [0.2, 0.25) is 0 Å². The molecule has 1 aliphatic carbocycles. The smallest absolute Gasteiger partial charge is 0.195 e. The summed E-state index contributed by atoms with van der Waals surface area (Å²) < 4.78 is 2.90. The number of nitrogens with one attached hydrogen (secondary N) is 1. The van der Waals surface area contributed by atoms with Gasteiger partial charge in [-0.3, -0.25) is 9.67 Å². The molecule has 1 aliphatic rings. The van der Waals surface area contributed by atoms with Gasteiger partial charge in [0.1, 0.15) is 5.82 Å². The Kier molecular flexibility index (Phi) is 2.44. The van der Waals surface area contributed by atoms with Crippen LogP contribution in [0.25, 0.3) is 0 Å². The van der Waals surface area contributed by atoms with Crippen LogP contribution in [0, 0.1) is 4.77 Å². The number of hydrogen-bond acceptors (Lipinski definition) is 3. The first-order valence-corrected chi connectivity index (χ1v) is 6.81. The van der Waals surface area contributed by atoms with Gasteiger partial charge in [0, 0.05) is 5.92 Å². The van der Waals surface area contributed by atoms with E-state index in [0.29, 0.717) is 5.92 Å². The summed E-state index contributed by atoms with van der Waals surface area (Å²) in [6.45, 7) is 2.18. The fourth-order valence-corrected chi connectivity index (χ4v) is 3.03. The van der Waals surface area contributed by atoms with E-state index in [0.717, 1.165) is 10.6 Å². The summed E-state index contributed by atoms with van der Waals surface area (Å²) in [6, 6.07) is 2.44. The molecule has 0 bridgehead atoms. The van der Waals surface area contributed by atoms with Gasteiger partial charge in [-0.05, 0) is 54.4 Å². The Labute approximate surface area is 103 Å². The summed E-state index contributed by atoms with van der Waals surface area (Å²) in [4.78, 5) is 0. The molecule has 0 amide bonds. The van der Waals surface area contributed by atoms with E-state index in [1.807, 2.05) is 0 Å². The van der Waals surface area contributed by atoms with Crippen molar-refractivity contribution in [2.75, 3.05) is 0 Å². The van der Waals surface area contributed by atoms with Crippen LogP contribution in [0.5, 0.6) is 0 Å². The number of H-pyrrole nitrogens is 1. The summed E-state index contributed by atoms with van der Waals surface area (Å²) in [7, 11) is 0. The Morgan fingerprint density at radius 1 is 1.62 bits per heavy atom. The molecule has 2 aromatic heterocycles. The highest BCUT2D eigenvalue weighted by molar-refractivity contribution is 7.71. The zero-order valence-electron chi connectivity index (χ0n) is 9.01. The highest BCUT2D eigenvalue weighted by Crippen LogP contribution is 2.40. The largest absolute Gasteiger partial charge is 0.297 e. The van der Waals surface area contributed by atoms with Gasteiger partial charge in [0.2, 0.25) is 0 Å². The van der Waals surface area contributed by atoms with Crippen LogP contribution in [0.3, 0.4) is 0 Å². The van der Waals surface area contributed by atoms with Crippen LogP contribution < -0.4 is 0 Å². The van der Waals surface area contributed by atoms with Crippen LogP contribution in [0.4, 0.5) is 0 Å². The Morgan fingerprint density at radius 2 is 2.44 bits per heavy atom. The van der Waals surface area contributed by atoms with E-state index in [1.165, 1.54) is 18.4 Å². The van der Waals surface area contributed by atoms with Gasteiger partial charge in [-0.25, -0.2) is 0 Å². The van der Waals surface area contributed by atoms with Gasteiger partial charge in [-0.2, -0.15) is 16.4 Å². The number of thiophene rings is 1. The number of rotatable bonds is 3. The lowest BCUT2D eigenvalue weighted by Gasteiger charge is -2.14. The van der Waals surface area contributed by atoms with Crippen molar-refractivity contribution in [2.45, 2.75) is 31.7 Å². The predicted molar refractivity (Wildman–Crippen MR) is 67.5 cm³/mol. The van der Waals surface area contributed by atoms with E-state index < -0.39 is 0 Å². The molecule has 5 heteroatoms. The fraction of sp³-hybridized carbons (Fsp3) is 0.455. The molecule has 3 nitrogen and oxygen atoms in total. The Morgan fingerprint density at radius 3 is 3.06 bits per heavy atom. The minimum Gasteiger partial charge on any atom is -0.297 e. The topological polar surface area (TPSA) is 33.6 Å². The summed E-state index contributed by atoms with van der Waals surface area (Å²) in [5, 5.41) is 11.6. The molecule has 0 spiro atoms. The van der Waals surface area contributed by atoms with Crippen molar-refractivity contribution in [3.05, 3.63) is 33.0 Å². The van der Waals surface area contributed by atoms with Crippen LogP contribution in [-0.4, -0.2) is 14.8 Å². The van der Waals surface area contributed by atoms with Crippen molar-refractivity contribution in [3.63, 3.8) is 0 Å². The maximum absolute atomic E-state index is 5.32. The van der Waals surface area contributed by atoms with E-state index in [2.05, 4.69) is 38.5 Å². The summed E-state index contributed by atoms with van der Waals surface area (Å²) >= 11 is 7.04. The molecule has 1 atom stereocenters. The number of aromatic nitrogens is 3. The molecule has 0 aromatic carbocycles. The molecule has 1 saturated carbocycles. The maximum Gasteiger partial charge on any atom is 0.195 e. The highest BCUT2D eigenvalue weighted by Gasteiger charge is 2.30. The summed E-state index contributed by atoms with van der Waals surface area (Å²) in [5.41, 5.74) is 1.31. The van der Waals surface area contributed by atoms with E-state index in [1.54, 1.807) is 11.3 Å². The zero-order valence-corrected chi connectivity index (χ0v) is 10.6. The third kappa shape index (κ3) is 1.64. The quantitative estimate of drug-likeness (QED) is 0.847. The lowest BCUT2D eigenvalue weighted by Crippen LogP contribution is -2.09. The summed E-state index contributed by atoms with van der Waals surface area (Å²) in [5.74, 6) is 1.75. The molecule has 0 aliphatic heterocycles. The van der Waals surface area contributed by atoms with Crippen molar-refractivity contribution in [3.8, 4) is 0 Å². The van der Waals surface area contributed by atoms with Crippen molar-refractivity contribution < 1.29 is 0 Å². The number of nitrogens with zero attached hydrogens (tertiary/aromatic N) is 2. The summed E-state index contributed by atoms with van der Waals surface area (Å²) in [6.07, 6.45) is 2.49. The zero-order chi connectivity index (χ0) is 11.1. The second-order valence-corrected chi connectivity index (χ2v) is 5.43. The molecule has 0 saturated heterocycles. The third-order valence-electron chi connectivity index (χ3n) is 3.09. The maximum atomic E-state index is 5.32. The fourth-order valence-electron chi connectivity index (χ4n) is 1.98. The van der Waals surface area contributed by atoms with Crippen molar-refractivity contribution in [1.29, 1.82) is 0 Å². The van der Waals surface area contributed by atoms with Crippen LogP contribution in [-0.2, 0) is 0 Å². The van der Waals surface area contributed by atoms with E-state index in [9.17, 15) is 0 Å². The molecule has 84 valence electrons. The van der Waals surface area contributed by atoms with Crippen molar-refractivity contribution in [2.24, 2.45) is 0 Å². The van der Waals surface area contributed by atoms with Gasteiger partial charge in [0.05, 0.1) is 6.04 Å². The third-order valence-corrected chi connectivity index (χ3v) is 4.08. The van der Waals surface area contributed by atoms with Gasteiger partial charge >= 0.3 is 0 Å². The molecule has 1 N–H and O–H groups in total. The normalized spacial score (nSPS) is 17.6. The molecule has 1 fully saturated rings. The molecule has 2 heterocycles. The lowest BCUT2D eigenvalue weighted by atomic mass is 10.2. The first kappa shape index (κ1) is 10.2. The highest BCUT2D eigenvalue weighted by atomic mass is 32.1. The van der Waals surface area contributed by atoms with E-state index >= 15 is 0 Å². The van der Waals surface area contributed by atoms with Crippen LogP contribution in [0.1, 0.15) is 43.1 Å². The van der Waals surface area contributed by atoms with E-state index in [-0.39, 0.29) is 6.04 Å². The first-order chi connectivity index (χ1) is 7.77. The molecular weight excluding hydrogens is 238 g/mol. The monoisotopic (exact) mass is 251 g/mol. The molecule has 0 radical (unpaired) electrons. The number of aromatic amines is 1. The first-order valence-electron chi connectivity index (χ1n) is 5.46. The second kappa shape index (κ2) is 3.82. The van der Waals surface area contributed by atoms with E-state index in [4.69, 9.17) is 12.2 Å². The lowest BCUT2D eigenvalue weighted by molar-refractivity contribution is 0.597. The average molecular weight is 251 g/mol. The van der Waals surface area contributed by atoms with Gasteiger partial charge in [-0.15, -0.1) is 0 Å².